The molecule has 0 saturated heterocycles. The van der Waals surface area contributed by atoms with E-state index in [1.54, 1.807) is 0 Å². The van der Waals surface area contributed by atoms with Gasteiger partial charge in [-0.15, -0.1) is 0 Å². The molecule has 1 aromatic rings. The lowest BCUT2D eigenvalue weighted by molar-refractivity contribution is 0.101. The Labute approximate surface area is 73.2 Å². The number of carbonyl (C=O) groups excluding carboxylic acids is 2. The molecular weight excluding hydrogens is 178 g/mol. The third-order valence-electron chi connectivity index (χ3n) is 1.59. The van der Waals surface area contributed by atoms with Gasteiger partial charge < -0.3 is 0 Å². The van der Waals surface area contributed by atoms with Crippen LogP contribution in [0.25, 0.3) is 0 Å². The van der Waals surface area contributed by atoms with Gasteiger partial charge in [-0.05, 0) is 19.1 Å². The van der Waals surface area contributed by atoms with Crippen LogP contribution in [0.4, 0.5) is 8.78 Å². The average molecular weight is 184 g/mol. The van der Waals surface area contributed by atoms with Crippen molar-refractivity contribution in [3.05, 3.63) is 34.9 Å². The fourth-order valence-electron chi connectivity index (χ4n) is 0.922. The number of Topliss-reactive ketones (excluding diaryl/α,β-unsaturated/α-hetero) is 1. The second kappa shape index (κ2) is 3.43. The first-order valence-electron chi connectivity index (χ1n) is 3.51. The molecule has 4 heteroatoms. The van der Waals surface area contributed by atoms with Gasteiger partial charge in [0.2, 0.25) is 0 Å². The summed E-state index contributed by atoms with van der Waals surface area (Å²) in [5.74, 6) is -2.34. The van der Waals surface area contributed by atoms with Gasteiger partial charge in [0.15, 0.2) is 12.1 Å². The maximum atomic E-state index is 12.9. The van der Waals surface area contributed by atoms with Crippen LogP contribution in [0.5, 0.6) is 0 Å². The molecule has 68 valence electrons. The molecule has 0 aliphatic rings. The summed E-state index contributed by atoms with van der Waals surface area (Å²) in [7, 11) is 0. The molecule has 2 nitrogen and oxygen atoms in total. The lowest BCUT2D eigenvalue weighted by Crippen LogP contribution is -2.00. The first-order chi connectivity index (χ1) is 6.06. The van der Waals surface area contributed by atoms with Crippen LogP contribution in [0.15, 0.2) is 12.1 Å². The van der Waals surface area contributed by atoms with E-state index < -0.39 is 17.4 Å². The fraction of sp³-hybridized carbons (Fsp3) is 0.111. The predicted octanol–water partition coefficient (Wildman–Crippen LogP) is 1.98. The number of carbonyl (C=O) groups is 2. The van der Waals surface area contributed by atoms with Crippen molar-refractivity contribution >= 4 is 12.1 Å². The van der Waals surface area contributed by atoms with Crippen LogP contribution in [-0.4, -0.2) is 12.1 Å². The molecule has 1 aromatic carbocycles. The van der Waals surface area contributed by atoms with Crippen molar-refractivity contribution < 1.29 is 18.4 Å². The molecular formula is C9H6F2O2. The lowest BCUT2D eigenvalue weighted by atomic mass is 10.1. The zero-order chi connectivity index (χ0) is 10.0. The molecule has 0 unspecified atom stereocenters. The zero-order valence-electron chi connectivity index (χ0n) is 6.80. The lowest BCUT2D eigenvalue weighted by Gasteiger charge is -2.00. The molecule has 1 rings (SSSR count). The molecule has 0 heterocycles. The summed E-state index contributed by atoms with van der Waals surface area (Å²) in [6, 6.07) is 1.43. The molecule has 0 atom stereocenters. The Balaban J connectivity index is 3.36. The number of aldehydes is 1. The van der Waals surface area contributed by atoms with Gasteiger partial charge in [0.05, 0.1) is 11.1 Å². The monoisotopic (exact) mass is 184 g/mol. The summed E-state index contributed by atoms with van der Waals surface area (Å²) < 4.78 is 25.8. The van der Waals surface area contributed by atoms with Gasteiger partial charge in [-0.1, -0.05) is 0 Å². The van der Waals surface area contributed by atoms with Gasteiger partial charge in [0.25, 0.3) is 0 Å². The van der Waals surface area contributed by atoms with Gasteiger partial charge in [-0.25, -0.2) is 8.78 Å². The minimum Gasteiger partial charge on any atom is -0.298 e. The van der Waals surface area contributed by atoms with Crippen molar-refractivity contribution in [3.8, 4) is 0 Å². The van der Waals surface area contributed by atoms with Crippen LogP contribution in [0.1, 0.15) is 27.6 Å². The SMILES string of the molecule is CC(=O)c1cc(F)c(C=O)cc1F. The van der Waals surface area contributed by atoms with Gasteiger partial charge in [0, 0.05) is 0 Å². The predicted molar refractivity (Wildman–Crippen MR) is 41.8 cm³/mol. The second-order valence-electron chi connectivity index (χ2n) is 2.53. The van der Waals surface area contributed by atoms with Gasteiger partial charge in [-0.3, -0.25) is 9.59 Å². The average Bonchev–Trinajstić information content (AvgIpc) is 2.07. The van der Waals surface area contributed by atoms with Crippen LogP contribution >= 0.6 is 0 Å². The normalized spacial score (nSPS) is 9.77. The minimum absolute atomic E-state index is 0.197. The number of ketones is 1. The van der Waals surface area contributed by atoms with Crippen LogP contribution in [0.2, 0.25) is 0 Å². The highest BCUT2D eigenvalue weighted by Crippen LogP contribution is 2.13. The summed E-state index contributed by atoms with van der Waals surface area (Å²) in [6.45, 7) is 1.12. The highest BCUT2D eigenvalue weighted by atomic mass is 19.1. The minimum atomic E-state index is -0.887. The first kappa shape index (κ1) is 9.51. The summed E-state index contributed by atoms with van der Waals surface area (Å²) in [5, 5.41) is 0. The van der Waals surface area contributed by atoms with Crippen molar-refractivity contribution in [1.29, 1.82) is 0 Å². The Morgan fingerprint density at radius 3 is 2.38 bits per heavy atom. The van der Waals surface area contributed by atoms with E-state index in [0.717, 1.165) is 13.0 Å². The Morgan fingerprint density at radius 2 is 1.92 bits per heavy atom. The van der Waals surface area contributed by atoms with E-state index in [2.05, 4.69) is 0 Å². The summed E-state index contributed by atoms with van der Waals surface area (Å²) in [5.41, 5.74) is -0.731. The van der Waals surface area contributed by atoms with Gasteiger partial charge in [-0.2, -0.15) is 0 Å². The Bertz CT molecular complexity index is 372. The quantitative estimate of drug-likeness (QED) is 0.520. The number of hydrogen-bond donors (Lipinski definition) is 0. The molecule has 13 heavy (non-hydrogen) atoms. The van der Waals surface area contributed by atoms with E-state index in [-0.39, 0.29) is 17.4 Å². The Hall–Kier alpha value is -1.58. The van der Waals surface area contributed by atoms with Gasteiger partial charge >= 0.3 is 0 Å². The number of hydrogen-bond acceptors (Lipinski definition) is 2. The van der Waals surface area contributed by atoms with Crippen molar-refractivity contribution in [2.24, 2.45) is 0 Å². The summed E-state index contributed by atoms with van der Waals surface area (Å²) in [6.07, 6.45) is 0.197. The standard InChI is InChI=1S/C9H6F2O2/c1-5(13)7-3-8(10)6(4-12)2-9(7)11/h2-4H,1H3. The summed E-state index contributed by atoms with van der Waals surface area (Å²) in [4.78, 5) is 20.9. The highest BCUT2D eigenvalue weighted by Gasteiger charge is 2.12. The van der Waals surface area contributed by atoms with Gasteiger partial charge in [0.1, 0.15) is 11.6 Å². The zero-order valence-corrected chi connectivity index (χ0v) is 6.80. The highest BCUT2D eigenvalue weighted by molar-refractivity contribution is 5.95. The Morgan fingerprint density at radius 1 is 1.31 bits per heavy atom. The molecule has 0 aliphatic carbocycles. The van der Waals surface area contributed by atoms with E-state index in [4.69, 9.17) is 0 Å². The molecule has 0 saturated carbocycles. The van der Waals surface area contributed by atoms with E-state index in [9.17, 15) is 18.4 Å². The first-order valence-corrected chi connectivity index (χ1v) is 3.51. The number of halogens is 2. The smallest absolute Gasteiger partial charge is 0.162 e. The van der Waals surface area contributed by atoms with Crippen LogP contribution in [0.3, 0.4) is 0 Å². The third kappa shape index (κ3) is 1.77. The molecule has 0 radical (unpaired) electrons. The summed E-state index contributed by atoms with van der Waals surface area (Å²) >= 11 is 0. The molecule has 0 aromatic heterocycles. The maximum absolute atomic E-state index is 12.9. The largest absolute Gasteiger partial charge is 0.298 e. The fourth-order valence-corrected chi connectivity index (χ4v) is 0.922. The van der Waals surface area contributed by atoms with E-state index in [1.807, 2.05) is 0 Å². The van der Waals surface area contributed by atoms with E-state index in [1.165, 1.54) is 0 Å². The van der Waals surface area contributed by atoms with E-state index >= 15 is 0 Å². The van der Waals surface area contributed by atoms with Crippen LogP contribution < -0.4 is 0 Å². The third-order valence-corrected chi connectivity index (χ3v) is 1.59. The maximum Gasteiger partial charge on any atom is 0.162 e. The molecule has 0 amide bonds. The second-order valence-corrected chi connectivity index (χ2v) is 2.53. The number of benzene rings is 1. The Kier molecular flexibility index (Phi) is 2.51. The van der Waals surface area contributed by atoms with Crippen molar-refractivity contribution in [2.75, 3.05) is 0 Å². The van der Waals surface area contributed by atoms with Crippen LogP contribution in [-0.2, 0) is 0 Å². The van der Waals surface area contributed by atoms with Crippen molar-refractivity contribution in [3.63, 3.8) is 0 Å². The molecule has 0 fully saturated rings. The van der Waals surface area contributed by atoms with Crippen molar-refractivity contribution in [1.82, 2.24) is 0 Å². The topological polar surface area (TPSA) is 34.1 Å². The van der Waals surface area contributed by atoms with Crippen LogP contribution in [0, 0.1) is 11.6 Å². The molecule has 0 spiro atoms. The molecule has 0 N–H and O–H groups in total. The van der Waals surface area contributed by atoms with E-state index in [0.29, 0.717) is 6.07 Å². The molecule has 0 bridgehead atoms. The number of rotatable bonds is 2. The molecule has 0 aliphatic heterocycles. The van der Waals surface area contributed by atoms with Crippen molar-refractivity contribution in [2.45, 2.75) is 6.92 Å².